The molecule has 0 radical (unpaired) electrons. The van der Waals surface area contributed by atoms with Crippen LogP contribution in [0.25, 0.3) is 0 Å². The SMILES string of the molecule is CCC.CNC(=O)c1ccc(C)c(Nc2nc(S(C)(=O)=O)nc(N(C)CC(C)(C)C)c2C#N)c1. The number of hydrogen-bond acceptors (Lipinski definition) is 8. The lowest BCUT2D eigenvalue weighted by Gasteiger charge is -2.28. The van der Waals surface area contributed by atoms with E-state index in [9.17, 15) is 18.5 Å². The lowest BCUT2D eigenvalue weighted by atomic mass is 9.96. The number of hydrogen-bond donors (Lipinski definition) is 2. The second kappa shape index (κ2) is 11.8. The van der Waals surface area contributed by atoms with E-state index in [1.54, 1.807) is 30.1 Å². The van der Waals surface area contributed by atoms with Gasteiger partial charge in [-0.25, -0.2) is 8.42 Å². The maximum atomic E-state index is 12.2. The Morgan fingerprint density at radius 2 is 1.79 bits per heavy atom. The average Bonchev–Trinajstić information content (AvgIpc) is 2.72. The van der Waals surface area contributed by atoms with Crippen LogP contribution in [0.4, 0.5) is 17.3 Å². The third-order valence-electron chi connectivity index (χ3n) is 4.37. The maximum Gasteiger partial charge on any atom is 0.251 e. The van der Waals surface area contributed by atoms with Crippen LogP contribution in [0.1, 0.15) is 62.5 Å². The standard InChI is InChI=1S/C21H28N6O3S.C3H8/c1-13-8-9-14(19(28)23-5)10-16(13)24-17-15(11-22)18(27(6)12-21(2,3)4)26-20(25-17)31(7,29)30;1-3-2/h8-10H,12H2,1-7H3,(H,23,28)(H,24,25,26);3H2,1-2H3. The predicted octanol–water partition coefficient (Wildman–Crippen LogP) is 4.06. The summed E-state index contributed by atoms with van der Waals surface area (Å²) in [4.78, 5) is 22.1. The second-order valence-corrected chi connectivity index (χ2v) is 11.2. The molecule has 0 saturated heterocycles. The predicted molar refractivity (Wildman–Crippen MR) is 136 cm³/mol. The number of sulfone groups is 1. The van der Waals surface area contributed by atoms with E-state index in [0.717, 1.165) is 11.8 Å². The van der Waals surface area contributed by atoms with Crippen molar-refractivity contribution < 1.29 is 13.2 Å². The number of nitrogens with zero attached hydrogens (tertiary/aromatic N) is 4. The fourth-order valence-corrected chi connectivity index (χ4v) is 3.53. The Kier molecular flexibility index (Phi) is 10.0. The molecule has 0 aliphatic carbocycles. The van der Waals surface area contributed by atoms with Gasteiger partial charge in [-0.1, -0.05) is 47.1 Å². The molecule has 186 valence electrons. The zero-order chi connectivity index (χ0) is 26.3. The lowest BCUT2D eigenvalue weighted by molar-refractivity contribution is 0.0963. The van der Waals surface area contributed by atoms with Gasteiger partial charge in [0, 0.05) is 38.1 Å². The van der Waals surface area contributed by atoms with Crippen molar-refractivity contribution >= 4 is 33.1 Å². The highest BCUT2D eigenvalue weighted by molar-refractivity contribution is 7.90. The van der Waals surface area contributed by atoms with Gasteiger partial charge in [0.15, 0.2) is 11.6 Å². The molecule has 0 atom stereocenters. The molecule has 9 nitrogen and oxygen atoms in total. The molecule has 0 aliphatic heterocycles. The minimum Gasteiger partial charge on any atom is -0.358 e. The minimum atomic E-state index is -3.74. The highest BCUT2D eigenvalue weighted by atomic mass is 32.2. The van der Waals surface area contributed by atoms with Crippen molar-refractivity contribution in [3.8, 4) is 6.07 Å². The molecule has 1 aromatic carbocycles. The molecule has 0 fully saturated rings. The van der Waals surface area contributed by atoms with Gasteiger partial charge < -0.3 is 15.5 Å². The van der Waals surface area contributed by atoms with Crippen LogP contribution in [-0.4, -0.2) is 51.2 Å². The normalized spacial score (nSPS) is 11.1. The number of benzene rings is 1. The van der Waals surface area contributed by atoms with Crippen LogP contribution < -0.4 is 15.5 Å². The first-order chi connectivity index (χ1) is 15.7. The molecule has 34 heavy (non-hydrogen) atoms. The van der Waals surface area contributed by atoms with Crippen molar-refractivity contribution in [2.75, 3.05) is 37.1 Å². The smallest absolute Gasteiger partial charge is 0.251 e. The Bertz CT molecular complexity index is 1160. The van der Waals surface area contributed by atoms with Crippen LogP contribution in [0.15, 0.2) is 23.4 Å². The first kappa shape index (κ1) is 28.8. The summed E-state index contributed by atoms with van der Waals surface area (Å²) in [6, 6.07) is 7.15. The van der Waals surface area contributed by atoms with Crippen molar-refractivity contribution in [3.05, 3.63) is 34.9 Å². The van der Waals surface area contributed by atoms with Gasteiger partial charge in [0.2, 0.25) is 9.84 Å². The summed E-state index contributed by atoms with van der Waals surface area (Å²) < 4.78 is 24.5. The summed E-state index contributed by atoms with van der Waals surface area (Å²) in [5, 5.41) is 15.1. The summed E-state index contributed by atoms with van der Waals surface area (Å²) in [6.07, 6.45) is 2.27. The number of rotatable bonds is 6. The number of carbonyl (C=O) groups is 1. The van der Waals surface area contributed by atoms with E-state index < -0.39 is 9.84 Å². The summed E-state index contributed by atoms with van der Waals surface area (Å²) >= 11 is 0. The van der Waals surface area contributed by atoms with E-state index in [-0.39, 0.29) is 33.7 Å². The van der Waals surface area contributed by atoms with Crippen LogP contribution >= 0.6 is 0 Å². The molecule has 2 N–H and O–H groups in total. The average molecular weight is 489 g/mol. The zero-order valence-corrected chi connectivity index (χ0v) is 22.4. The summed E-state index contributed by atoms with van der Waals surface area (Å²) in [5.74, 6) is 0.00923. The zero-order valence-electron chi connectivity index (χ0n) is 21.6. The van der Waals surface area contributed by atoms with Crippen molar-refractivity contribution in [1.82, 2.24) is 15.3 Å². The highest BCUT2D eigenvalue weighted by Crippen LogP contribution is 2.30. The molecule has 10 heteroatoms. The first-order valence-electron chi connectivity index (χ1n) is 11.0. The number of nitriles is 1. The van der Waals surface area contributed by atoms with Crippen LogP contribution in [0, 0.1) is 23.7 Å². The molecular formula is C24H36N6O3S. The molecule has 2 aromatic rings. The van der Waals surface area contributed by atoms with Crippen LogP contribution in [0.3, 0.4) is 0 Å². The first-order valence-corrected chi connectivity index (χ1v) is 12.9. The number of aromatic nitrogens is 2. The molecule has 0 spiro atoms. The van der Waals surface area contributed by atoms with E-state index in [0.29, 0.717) is 17.8 Å². The molecule has 0 aliphatic rings. The molecule has 0 saturated carbocycles. The number of carbonyl (C=O) groups excluding carboxylic acids is 1. The maximum absolute atomic E-state index is 12.2. The quantitative estimate of drug-likeness (QED) is 0.583. The van der Waals surface area contributed by atoms with Crippen molar-refractivity contribution in [3.63, 3.8) is 0 Å². The van der Waals surface area contributed by atoms with E-state index in [1.165, 1.54) is 13.5 Å². The number of nitrogens with one attached hydrogen (secondary N) is 2. The largest absolute Gasteiger partial charge is 0.358 e. The Morgan fingerprint density at radius 3 is 2.26 bits per heavy atom. The van der Waals surface area contributed by atoms with Crippen molar-refractivity contribution in [1.29, 1.82) is 5.26 Å². The fourth-order valence-electron chi connectivity index (χ4n) is 3.02. The van der Waals surface area contributed by atoms with E-state index >= 15 is 0 Å². The molecule has 2 rings (SSSR count). The Morgan fingerprint density at radius 1 is 1.21 bits per heavy atom. The van der Waals surface area contributed by atoms with Gasteiger partial charge in [0.25, 0.3) is 11.1 Å². The topological polar surface area (TPSA) is 128 Å². The summed E-state index contributed by atoms with van der Waals surface area (Å²) in [5.41, 5.74) is 1.73. The van der Waals surface area contributed by atoms with Crippen LogP contribution in [-0.2, 0) is 9.84 Å². The summed E-state index contributed by atoms with van der Waals surface area (Å²) in [7, 11) is -0.458. The third-order valence-corrected chi connectivity index (χ3v) is 5.21. The van der Waals surface area contributed by atoms with Crippen LogP contribution in [0.2, 0.25) is 0 Å². The Hall–Kier alpha value is -3.19. The van der Waals surface area contributed by atoms with Gasteiger partial charge in [-0.15, -0.1) is 0 Å². The Labute approximate surface area is 203 Å². The van der Waals surface area contributed by atoms with Gasteiger partial charge in [-0.2, -0.15) is 15.2 Å². The molecule has 0 bridgehead atoms. The van der Waals surface area contributed by atoms with E-state index in [4.69, 9.17) is 0 Å². The molecule has 1 heterocycles. The van der Waals surface area contributed by atoms with Gasteiger partial charge in [-0.3, -0.25) is 4.79 Å². The van der Waals surface area contributed by atoms with Crippen molar-refractivity contribution in [2.24, 2.45) is 5.41 Å². The lowest BCUT2D eigenvalue weighted by Crippen LogP contribution is -2.31. The number of aryl methyl sites for hydroxylation is 1. The van der Waals surface area contributed by atoms with E-state index in [1.807, 2.05) is 27.7 Å². The molecule has 0 unspecified atom stereocenters. The van der Waals surface area contributed by atoms with Gasteiger partial charge in [0.05, 0.1) is 0 Å². The second-order valence-electron chi connectivity index (χ2n) is 9.30. The molecular weight excluding hydrogens is 452 g/mol. The molecule has 1 aromatic heterocycles. The Balaban J connectivity index is 0.00000182. The minimum absolute atomic E-state index is 0.0610. The third kappa shape index (κ3) is 7.99. The monoisotopic (exact) mass is 488 g/mol. The summed E-state index contributed by atoms with van der Waals surface area (Å²) in [6.45, 7) is 12.7. The van der Waals surface area contributed by atoms with E-state index in [2.05, 4.69) is 40.5 Å². The molecule has 1 amide bonds. The highest BCUT2D eigenvalue weighted by Gasteiger charge is 2.25. The van der Waals surface area contributed by atoms with Gasteiger partial charge in [0.1, 0.15) is 11.6 Å². The number of amides is 1. The van der Waals surface area contributed by atoms with Crippen LogP contribution in [0.5, 0.6) is 0 Å². The van der Waals surface area contributed by atoms with Gasteiger partial charge >= 0.3 is 0 Å². The fraction of sp³-hybridized carbons (Fsp3) is 0.500. The number of anilines is 3. The van der Waals surface area contributed by atoms with Crippen molar-refractivity contribution in [2.45, 2.75) is 53.1 Å². The van der Waals surface area contributed by atoms with Gasteiger partial charge in [-0.05, 0) is 30.0 Å².